The maximum absolute atomic E-state index is 11.7. The van der Waals surface area contributed by atoms with E-state index in [0.717, 1.165) is 19.5 Å². The molecule has 0 aliphatic rings. The zero-order valence-corrected chi connectivity index (χ0v) is 12.2. The number of esters is 1. The Labute approximate surface area is 106 Å². The first-order valence-electron chi connectivity index (χ1n) is 6.30. The minimum Gasteiger partial charge on any atom is -0.460 e. The summed E-state index contributed by atoms with van der Waals surface area (Å²) in [5.74, 6) is -0.216. The van der Waals surface area contributed by atoms with Crippen LogP contribution in [0.4, 0.5) is 0 Å². The van der Waals surface area contributed by atoms with Crippen LogP contribution in [0.25, 0.3) is 0 Å². The molecular formula is C13H28N2O2. The zero-order chi connectivity index (χ0) is 13.5. The standard InChI is InChI=1S/C13H28N2O2/c1-11(12(16)17-13(2,3)4)10-14-8-7-9-15(5)6/h11,14H,7-10H2,1-6H3. The lowest BCUT2D eigenvalue weighted by atomic mass is 10.1. The molecule has 0 rings (SSSR count). The van der Waals surface area contributed by atoms with Crippen molar-refractivity contribution in [2.75, 3.05) is 33.7 Å². The number of ether oxygens (including phenoxy) is 1. The average molecular weight is 244 g/mol. The van der Waals surface area contributed by atoms with Crippen molar-refractivity contribution in [3.05, 3.63) is 0 Å². The van der Waals surface area contributed by atoms with E-state index in [-0.39, 0.29) is 11.9 Å². The molecule has 4 nitrogen and oxygen atoms in total. The van der Waals surface area contributed by atoms with Crippen molar-refractivity contribution in [1.29, 1.82) is 0 Å². The lowest BCUT2D eigenvalue weighted by Gasteiger charge is -2.22. The van der Waals surface area contributed by atoms with Crippen molar-refractivity contribution in [2.45, 2.75) is 39.7 Å². The molecule has 1 N–H and O–H groups in total. The molecule has 4 heteroatoms. The molecule has 0 aliphatic carbocycles. The van der Waals surface area contributed by atoms with Crippen LogP contribution in [0, 0.1) is 5.92 Å². The fraction of sp³-hybridized carbons (Fsp3) is 0.923. The van der Waals surface area contributed by atoms with Crippen LogP contribution in [0.1, 0.15) is 34.1 Å². The predicted molar refractivity (Wildman–Crippen MR) is 71.0 cm³/mol. The van der Waals surface area contributed by atoms with E-state index in [1.807, 2.05) is 27.7 Å². The number of carbonyl (C=O) groups excluding carboxylic acids is 1. The maximum Gasteiger partial charge on any atom is 0.310 e. The topological polar surface area (TPSA) is 41.6 Å². The second-order valence-corrected chi connectivity index (χ2v) is 5.80. The lowest BCUT2D eigenvalue weighted by molar-refractivity contribution is -0.159. The molecular weight excluding hydrogens is 216 g/mol. The Kier molecular flexibility index (Phi) is 7.39. The molecule has 1 unspecified atom stereocenters. The van der Waals surface area contributed by atoms with E-state index in [0.29, 0.717) is 6.54 Å². The first-order valence-corrected chi connectivity index (χ1v) is 6.30. The van der Waals surface area contributed by atoms with Crippen molar-refractivity contribution in [3.8, 4) is 0 Å². The van der Waals surface area contributed by atoms with Gasteiger partial charge in [-0.3, -0.25) is 4.79 Å². The Morgan fingerprint density at radius 1 is 1.35 bits per heavy atom. The second-order valence-electron chi connectivity index (χ2n) is 5.80. The molecule has 17 heavy (non-hydrogen) atoms. The van der Waals surface area contributed by atoms with Gasteiger partial charge in [0.25, 0.3) is 0 Å². The van der Waals surface area contributed by atoms with Crippen LogP contribution < -0.4 is 5.32 Å². The summed E-state index contributed by atoms with van der Waals surface area (Å²) < 4.78 is 5.31. The summed E-state index contributed by atoms with van der Waals surface area (Å²) in [6.45, 7) is 10.3. The molecule has 0 aromatic carbocycles. The van der Waals surface area contributed by atoms with Crippen LogP contribution in [0.5, 0.6) is 0 Å². The van der Waals surface area contributed by atoms with Crippen LogP contribution >= 0.6 is 0 Å². The lowest BCUT2D eigenvalue weighted by Crippen LogP contribution is -2.33. The smallest absolute Gasteiger partial charge is 0.310 e. The molecule has 0 radical (unpaired) electrons. The van der Waals surface area contributed by atoms with Gasteiger partial charge in [0.1, 0.15) is 5.60 Å². The summed E-state index contributed by atoms with van der Waals surface area (Å²) in [5, 5.41) is 3.28. The summed E-state index contributed by atoms with van der Waals surface area (Å²) in [5.41, 5.74) is -0.393. The van der Waals surface area contributed by atoms with E-state index < -0.39 is 5.60 Å². The van der Waals surface area contributed by atoms with Crippen molar-refractivity contribution in [2.24, 2.45) is 5.92 Å². The highest BCUT2D eigenvalue weighted by atomic mass is 16.6. The van der Waals surface area contributed by atoms with Gasteiger partial charge >= 0.3 is 5.97 Å². The third kappa shape index (κ3) is 10.3. The summed E-state index contributed by atoms with van der Waals surface area (Å²) >= 11 is 0. The third-order valence-corrected chi connectivity index (χ3v) is 2.22. The fourth-order valence-corrected chi connectivity index (χ4v) is 1.32. The molecule has 0 saturated heterocycles. The molecule has 0 fully saturated rings. The van der Waals surface area contributed by atoms with E-state index in [1.54, 1.807) is 0 Å². The minimum absolute atomic E-state index is 0.0893. The van der Waals surface area contributed by atoms with Crippen molar-refractivity contribution in [3.63, 3.8) is 0 Å². The Balaban J connectivity index is 3.65. The minimum atomic E-state index is -0.393. The summed E-state index contributed by atoms with van der Waals surface area (Å²) in [7, 11) is 4.12. The number of hydrogen-bond acceptors (Lipinski definition) is 4. The highest BCUT2D eigenvalue weighted by molar-refractivity contribution is 5.72. The van der Waals surface area contributed by atoms with Gasteiger partial charge in [-0.2, -0.15) is 0 Å². The molecule has 0 amide bonds. The van der Waals surface area contributed by atoms with E-state index >= 15 is 0 Å². The van der Waals surface area contributed by atoms with E-state index in [9.17, 15) is 4.79 Å². The zero-order valence-electron chi connectivity index (χ0n) is 12.2. The van der Waals surface area contributed by atoms with Gasteiger partial charge in [-0.25, -0.2) is 0 Å². The second kappa shape index (κ2) is 7.67. The highest BCUT2D eigenvalue weighted by Crippen LogP contribution is 2.10. The van der Waals surface area contributed by atoms with Crippen LogP contribution in [-0.4, -0.2) is 50.2 Å². The quantitative estimate of drug-likeness (QED) is 0.544. The molecule has 0 aliphatic heterocycles. The summed E-state index contributed by atoms with van der Waals surface area (Å²) in [6.07, 6.45) is 1.09. The van der Waals surface area contributed by atoms with Crippen LogP contribution in [0.3, 0.4) is 0 Å². The van der Waals surface area contributed by atoms with Gasteiger partial charge in [0.15, 0.2) is 0 Å². The summed E-state index contributed by atoms with van der Waals surface area (Å²) in [4.78, 5) is 13.8. The third-order valence-electron chi connectivity index (χ3n) is 2.22. The molecule has 0 bridgehead atoms. The van der Waals surface area contributed by atoms with Crippen molar-refractivity contribution < 1.29 is 9.53 Å². The highest BCUT2D eigenvalue weighted by Gasteiger charge is 2.21. The molecule has 0 saturated carbocycles. The molecule has 102 valence electrons. The van der Waals surface area contributed by atoms with Crippen LogP contribution in [0.2, 0.25) is 0 Å². The van der Waals surface area contributed by atoms with Crippen molar-refractivity contribution >= 4 is 5.97 Å². The fourth-order valence-electron chi connectivity index (χ4n) is 1.32. The van der Waals surface area contributed by atoms with E-state index in [4.69, 9.17) is 4.74 Å². The Bertz CT molecular complexity index is 222. The first-order chi connectivity index (χ1) is 7.72. The van der Waals surface area contributed by atoms with Crippen molar-refractivity contribution in [1.82, 2.24) is 10.2 Å². The molecule has 1 atom stereocenters. The molecule has 0 heterocycles. The van der Waals surface area contributed by atoms with Gasteiger partial charge in [0, 0.05) is 6.54 Å². The van der Waals surface area contributed by atoms with Crippen LogP contribution in [0.15, 0.2) is 0 Å². The monoisotopic (exact) mass is 244 g/mol. The normalized spacial score (nSPS) is 13.8. The molecule has 0 aromatic rings. The molecule has 0 spiro atoms. The number of hydrogen-bond donors (Lipinski definition) is 1. The van der Waals surface area contributed by atoms with E-state index in [1.165, 1.54) is 0 Å². The van der Waals surface area contributed by atoms with Gasteiger partial charge < -0.3 is 15.0 Å². The average Bonchev–Trinajstić information content (AvgIpc) is 2.13. The number of carbonyl (C=O) groups is 1. The Morgan fingerprint density at radius 2 is 1.94 bits per heavy atom. The van der Waals surface area contributed by atoms with Gasteiger partial charge in [0.2, 0.25) is 0 Å². The number of nitrogens with zero attached hydrogens (tertiary/aromatic N) is 1. The summed E-state index contributed by atoms with van der Waals surface area (Å²) in [6, 6.07) is 0. The molecule has 0 aromatic heterocycles. The Hall–Kier alpha value is -0.610. The Morgan fingerprint density at radius 3 is 2.41 bits per heavy atom. The first kappa shape index (κ1) is 16.4. The largest absolute Gasteiger partial charge is 0.460 e. The predicted octanol–water partition coefficient (Wildman–Crippen LogP) is 1.51. The number of nitrogens with one attached hydrogen (secondary N) is 1. The van der Waals surface area contributed by atoms with Gasteiger partial charge in [0.05, 0.1) is 5.92 Å². The van der Waals surface area contributed by atoms with Crippen LogP contribution in [-0.2, 0) is 9.53 Å². The van der Waals surface area contributed by atoms with Gasteiger partial charge in [-0.1, -0.05) is 6.92 Å². The SMILES string of the molecule is CC(CNCCCN(C)C)C(=O)OC(C)(C)C. The number of rotatable bonds is 7. The van der Waals surface area contributed by atoms with E-state index in [2.05, 4.69) is 24.3 Å². The van der Waals surface area contributed by atoms with Gasteiger partial charge in [-0.15, -0.1) is 0 Å². The maximum atomic E-state index is 11.7. The van der Waals surface area contributed by atoms with Gasteiger partial charge in [-0.05, 0) is 54.4 Å².